The van der Waals surface area contributed by atoms with E-state index in [-0.39, 0.29) is 5.82 Å². The third kappa shape index (κ3) is 4.77. The first kappa shape index (κ1) is 21.9. The Bertz CT molecular complexity index is 1250. The number of carbonyl (C=O) groups is 1. The van der Waals surface area contributed by atoms with E-state index in [0.29, 0.717) is 28.2 Å². The Morgan fingerprint density at radius 2 is 1.75 bits per heavy atom. The summed E-state index contributed by atoms with van der Waals surface area (Å²) in [5, 5.41) is 8.03. The first-order valence-electron chi connectivity index (χ1n) is 9.98. The van der Waals surface area contributed by atoms with E-state index in [1.165, 1.54) is 0 Å². The van der Waals surface area contributed by atoms with Crippen LogP contribution in [-0.2, 0) is 0 Å². The molecule has 0 saturated heterocycles. The fourth-order valence-corrected chi connectivity index (χ4v) is 3.55. The lowest BCUT2D eigenvalue weighted by Crippen LogP contribution is -2.14. The number of halogens is 2. The molecule has 0 aliphatic carbocycles. The van der Waals surface area contributed by atoms with Crippen molar-refractivity contribution >= 4 is 34.8 Å². The van der Waals surface area contributed by atoms with Crippen LogP contribution in [0.4, 0.5) is 5.69 Å². The van der Waals surface area contributed by atoms with Crippen molar-refractivity contribution in [2.45, 2.75) is 13.8 Å². The van der Waals surface area contributed by atoms with Gasteiger partial charge in [0.1, 0.15) is 5.75 Å². The average molecular weight is 467 g/mol. The number of nitrogens with one attached hydrogen (secondary N) is 1. The second-order valence-corrected chi connectivity index (χ2v) is 7.89. The molecule has 0 unspecified atom stereocenters. The summed E-state index contributed by atoms with van der Waals surface area (Å²) < 4.78 is 7.16. The Kier molecular flexibility index (Phi) is 6.44. The fourth-order valence-electron chi connectivity index (χ4n) is 3.10. The molecule has 1 N–H and O–H groups in total. The molecule has 0 saturated carbocycles. The molecular weight excluding hydrogens is 447 g/mol. The number of rotatable bonds is 6. The molecule has 4 rings (SSSR count). The number of aromatic nitrogens is 3. The minimum absolute atomic E-state index is 0.0143. The highest BCUT2D eigenvalue weighted by Crippen LogP contribution is 2.27. The van der Waals surface area contributed by atoms with Crippen molar-refractivity contribution in [3.63, 3.8) is 0 Å². The van der Waals surface area contributed by atoms with Gasteiger partial charge in [-0.25, -0.2) is 9.67 Å². The quantitative estimate of drug-likeness (QED) is 0.367. The fraction of sp³-hybridized carbons (Fsp3) is 0.125. The Morgan fingerprint density at radius 1 is 1.03 bits per heavy atom. The summed E-state index contributed by atoms with van der Waals surface area (Å²) in [6, 6.07) is 20.1. The Morgan fingerprint density at radius 3 is 2.41 bits per heavy atom. The number of carbonyl (C=O) groups excluding carboxylic acids is 1. The van der Waals surface area contributed by atoms with Crippen molar-refractivity contribution in [2.24, 2.45) is 0 Å². The minimum Gasteiger partial charge on any atom is -0.494 e. The van der Waals surface area contributed by atoms with Crippen molar-refractivity contribution < 1.29 is 9.53 Å². The van der Waals surface area contributed by atoms with E-state index in [0.717, 1.165) is 22.6 Å². The van der Waals surface area contributed by atoms with Crippen LogP contribution in [0, 0.1) is 6.92 Å². The lowest BCUT2D eigenvalue weighted by atomic mass is 10.1. The van der Waals surface area contributed by atoms with Crippen molar-refractivity contribution in [1.82, 2.24) is 14.8 Å². The zero-order valence-corrected chi connectivity index (χ0v) is 19.0. The van der Waals surface area contributed by atoms with Gasteiger partial charge in [0.25, 0.3) is 5.91 Å². The standard InChI is InChI=1S/C24H20Cl2N4O2/c1-3-32-19-11-9-18(10-12-19)30-23(16-6-4-15(2)5-7-16)28-22(29-30)24(31)27-21-13-8-17(25)14-20(21)26/h4-14H,3H2,1-2H3,(H,27,31). The maximum atomic E-state index is 12.9. The van der Waals surface area contributed by atoms with E-state index < -0.39 is 5.91 Å². The SMILES string of the molecule is CCOc1ccc(-n2nc(C(=O)Nc3ccc(Cl)cc3Cl)nc2-c2ccc(C)cc2)cc1. The van der Waals surface area contributed by atoms with Crippen LogP contribution in [0.5, 0.6) is 5.75 Å². The monoisotopic (exact) mass is 466 g/mol. The number of aryl methyl sites for hydroxylation is 1. The summed E-state index contributed by atoms with van der Waals surface area (Å²) in [5.74, 6) is 0.831. The minimum atomic E-state index is -0.479. The molecule has 3 aromatic carbocycles. The molecule has 0 aliphatic rings. The van der Waals surface area contributed by atoms with E-state index in [9.17, 15) is 4.79 Å². The van der Waals surface area contributed by atoms with Gasteiger partial charge in [0, 0.05) is 10.6 Å². The van der Waals surface area contributed by atoms with Crippen LogP contribution in [0.15, 0.2) is 66.7 Å². The number of ether oxygens (including phenoxy) is 1. The molecule has 162 valence electrons. The molecule has 1 heterocycles. The lowest BCUT2D eigenvalue weighted by molar-refractivity contribution is 0.101. The summed E-state index contributed by atoms with van der Waals surface area (Å²) in [6.45, 7) is 4.52. The second-order valence-electron chi connectivity index (χ2n) is 7.04. The molecule has 0 fully saturated rings. The first-order valence-corrected chi connectivity index (χ1v) is 10.7. The molecule has 8 heteroatoms. The predicted molar refractivity (Wildman–Crippen MR) is 127 cm³/mol. The maximum absolute atomic E-state index is 12.9. The van der Waals surface area contributed by atoms with Crippen molar-refractivity contribution in [1.29, 1.82) is 0 Å². The highest BCUT2D eigenvalue weighted by atomic mass is 35.5. The molecule has 0 atom stereocenters. The largest absolute Gasteiger partial charge is 0.494 e. The first-order chi connectivity index (χ1) is 15.4. The highest BCUT2D eigenvalue weighted by molar-refractivity contribution is 6.36. The maximum Gasteiger partial charge on any atom is 0.295 e. The van der Waals surface area contributed by atoms with Gasteiger partial charge in [-0.05, 0) is 56.3 Å². The molecular formula is C24H20Cl2N4O2. The van der Waals surface area contributed by atoms with Gasteiger partial charge >= 0.3 is 0 Å². The third-order valence-electron chi connectivity index (χ3n) is 4.69. The predicted octanol–water partition coefficient (Wildman–Crippen LogP) is 6.20. The number of anilines is 1. The molecule has 0 radical (unpaired) electrons. The summed E-state index contributed by atoms with van der Waals surface area (Å²) in [6.07, 6.45) is 0. The van der Waals surface area contributed by atoms with Gasteiger partial charge in [0.2, 0.25) is 5.82 Å². The number of hydrogen-bond acceptors (Lipinski definition) is 4. The summed E-state index contributed by atoms with van der Waals surface area (Å²) in [7, 11) is 0. The lowest BCUT2D eigenvalue weighted by Gasteiger charge is -2.08. The van der Waals surface area contributed by atoms with Gasteiger partial charge in [-0.3, -0.25) is 4.79 Å². The van der Waals surface area contributed by atoms with Gasteiger partial charge in [0.15, 0.2) is 5.82 Å². The second kappa shape index (κ2) is 9.42. The molecule has 1 aromatic heterocycles. The molecule has 0 spiro atoms. The Labute approximate surface area is 195 Å². The van der Waals surface area contributed by atoms with Crippen molar-refractivity contribution in [3.05, 3.63) is 88.2 Å². The highest BCUT2D eigenvalue weighted by Gasteiger charge is 2.20. The number of nitrogens with zero attached hydrogens (tertiary/aromatic N) is 3. The summed E-state index contributed by atoms with van der Waals surface area (Å²) in [4.78, 5) is 17.4. The van der Waals surface area contributed by atoms with E-state index in [2.05, 4.69) is 15.4 Å². The van der Waals surface area contributed by atoms with E-state index >= 15 is 0 Å². The Hall–Kier alpha value is -3.35. The van der Waals surface area contributed by atoms with Crippen LogP contribution in [0.2, 0.25) is 10.0 Å². The van der Waals surface area contributed by atoms with Gasteiger partial charge in [-0.2, -0.15) is 0 Å². The molecule has 0 aliphatic heterocycles. The zero-order valence-electron chi connectivity index (χ0n) is 17.5. The molecule has 32 heavy (non-hydrogen) atoms. The van der Waals surface area contributed by atoms with E-state index in [4.69, 9.17) is 27.9 Å². The average Bonchev–Trinajstić information content (AvgIpc) is 3.22. The molecule has 0 bridgehead atoms. The molecule has 6 nitrogen and oxygen atoms in total. The zero-order chi connectivity index (χ0) is 22.7. The van der Waals surface area contributed by atoms with Crippen LogP contribution in [-0.4, -0.2) is 27.3 Å². The van der Waals surface area contributed by atoms with Gasteiger partial charge in [-0.15, -0.1) is 5.10 Å². The third-order valence-corrected chi connectivity index (χ3v) is 5.24. The Balaban J connectivity index is 1.73. The summed E-state index contributed by atoms with van der Waals surface area (Å²) in [5.41, 5.74) is 3.13. The van der Waals surface area contributed by atoms with E-state index in [1.54, 1.807) is 22.9 Å². The van der Waals surface area contributed by atoms with E-state index in [1.807, 2.05) is 62.4 Å². The topological polar surface area (TPSA) is 69.0 Å². The van der Waals surface area contributed by atoms with Crippen molar-refractivity contribution in [2.75, 3.05) is 11.9 Å². The number of amides is 1. The van der Waals surface area contributed by atoms with Crippen LogP contribution >= 0.6 is 23.2 Å². The van der Waals surface area contributed by atoms with Crippen molar-refractivity contribution in [3.8, 4) is 22.8 Å². The van der Waals surface area contributed by atoms with Gasteiger partial charge in [0.05, 0.1) is 23.0 Å². The van der Waals surface area contributed by atoms with Gasteiger partial charge < -0.3 is 10.1 Å². The molecule has 4 aromatic rings. The number of benzene rings is 3. The van der Waals surface area contributed by atoms with Crippen LogP contribution in [0.1, 0.15) is 23.1 Å². The molecule has 1 amide bonds. The van der Waals surface area contributed by atoms with Crippen LogP contribution < -0.4 is 10.1 Å². The van der Waals surface area contributed by atoms with Crippen LogP contribution in [0.3, 0.4) is 0 Å². The number of hydrogen-bond donors (Lipinski definition) is 1. The van der Waals surface area contributed by atoms with Gasteiger partial charge in [-0.1, -0.05) is 53.0 Å². The smallest absolute Gasteiger partial charge is 0.295 e. The summed E-state index contributed by atoms with van der Waals surface area (Å²) >= 11 is 12.1. The normalized spacial score (nSPS) is 10.8. The van der Waals surface area contributed by atoms with Crippen LogP contribution in [0.25, 0.3) is 17.1 Å².